The molecule has 0 bridgehead atoms. The van der Waals surface area contributed by atoms with E-state index < -0.39 is 0 Å². The first-order valence-corrected chi connectivity index (χ1v) is 3.95. The van der Waals surface area contributed by atoms with Crippen molar-refractivity contribution in [3.63, 3.8) is 0 Å². The van der Waals surface area contributed by atoms with Crippen LogP contribution in [0.25, 0.3) is 0 Å². The minimum Gasteiger partial charge on any atom is -0.207 e. The zero-order valence-electron chi connectivity index (χ0n) is 7.26. The van der Waals surface area contributed by atoms with Gasteiger partial charge in [0.1, 0.15) is 5.82 Å². The second-order valence-electron chi connectivity index (χ2n) is 2.93. The first-order chi connectivity index (χ1) is 5.68. The third-order valence-corrected chi connectivity index (χ3v) is 1.33. The lowest BCUT2D eigenvalue weighted by Crippen LogP contribution is -1.80. The average molecular weight is 162 g/mol. The summed E-state index contributed by atoms with van der Waals surface area (Å²) in [5, 5.41) is 0. The molecule has 0 aliphatic carbocycles. The van der Waals surface area contributed by atoms with Gasteiger partial charge in [0, 0.05) is 11.5 Å². The van der Waals surface area contributed by atoms with E-state index in [2.05, 4.69) is 11.8 Å². The van der Waals surface area contributed by atoms with Crippen LogP contribution in [-0.2, 0) is 0 Å². The molecule has 1 aromatic carbocycles. The van der Waals surface area contributed by atoms with Gasteiger partial charge in [-0.2, -0.15) is 0 Å². The minimum atomic E-state index is -0.231. The molecule has 0 atom stereocenters. The summed E-state index contributed by atoms with van der Waals surface area (Å²) in [6, 6.07) is 6.33. The number of hydrogen-bond acceptors (Lipinski definition) is 0. The van der Waals surface area contributed by atoms with Crippen LogP contribution < -0.4 is 0 Å². The largest absolute Gasteiger partial charge is 0.207 e. The van der Waals surface area contributed by atoms with E-state index in [1.165, 1.54) is 12.1 Å². The molecule has 1 rings (SSSR count). The topological polar surface area (TPSA) is 0 Å². The second-order valence-corrected chi connectivity index (χ2v) is 2.93. The van der Waals surface area contributed by atoms with Gasteiger partial charge in [-0.1, -0.05) is 31.8 Å². The van der Waals surface area contributed by atoms with Crippen LogP contribution in [0.15, 0.2) is 24.3 Å². The van der Waals surface area contributed by atoms with Gasteiger partial charge in [0.2, 0.25) is 0 Å². The number of hydrogen-bond donors (Lipinski definition) is 0. The Morgan fingerprint density at radius 3 is 2.67 bits per heavy atom. The van der Waals surface area contributed by atoms with Crippen molar-refractivity contribution in [2.45, 2.75) is 13.8 Å². The molecule has 0 amide bonds. The molecule has 0 saturated carbocycles. The van der Waals surface area contributed by atoms with Gasteiger partial charge in [-0.25, -0.2) is 4.39 Å². The predicted octanol–water partition coefficient (Wildman–Crippen LogP) is 2.83. The molecular weight excluding hydrogens is 151 g/mol. The van der Waals surface area contributed by atoms with Crippen LogP contribution in [0, 0.1) is 23.6 Å². The third-order valence-electron chi connectivity index (χ3n) is 1.33. The molecule has 1 heteroatoms. The van der Waals surface area contributed by atoms with Crippen LogP contribution in [0.5, 0.6) is 0 Å². The zero-order valence-corrected chi connectivity index (χ0v) is 7.26. The van der Waals surface area contributed by atoms with Gasteiger partial charge in [0.25, 0.3) is 0 Å². The maximum absolute atomic E-state index is 12.6. The van der Waals surface area contributed by atoms with E-state index in [1.807, 2.05) is 13.8 Å². The lowest BCUT2D eigenvalue weighted by Gasteiger charge is -1.90. The van der Waals surface area contributed by atoms with Crippen LogP contribution in [0.4, 0.5) is 4.39 Å². The summed E-state index contributed by atoms with van der Waals surface area (Å²) in [6.45, 7) is 4.01. The molecule has 0 unspecified atom stereocenters. The Hall–Kier alpha value is -1.29. The van der Waals surface area contributed by atoms with Gasteiger partial charge < -0.3 is 0 Å². The van der Waals surface area contributed by atoms with E-state index in [4.69, 9.17) is 0 Å². The van der Waals surface area contributed by atoms with Gasteiger partial charge in [-0.15, -0.1) is 0 Å². The monoisotopic (exact) mass is 162 g/mol. The Labute approximate surface area is 72.4 Å². The van der Waals surface area contributed by atoms with Crippen molar-refractivity contribution >= 4 is 0 Å². The van der Waals surface area contributed by atoms with E-state index in [0.717, 1.165) is 5.56 Å². The molecule has 0 aliphatic heterocycles. The van der Waals surface area contributed by atoms with Gasteiger partial charge in [0.05, 0.1) is 0 Å². The minimum absolute atomic E-state index is 0.231. The lowest BCUT2D eigenvalue weighted by atomic mass is 10.2. The fourth-order valence-corrected chi connectivity index (χ4v) is 0.794. The van der Waals surface area contributed by atoms with E-state index in [0.29, 0.717) is 5.92 Å². The maximum atomic E-state index is 12.6. The Morgan fingerprint density at radius 1 is 1.33 bits per heavy atom. The van der Waals surface area contributed by atoms with Crippen molar-refractivity contribution in [1.29, 1.82) is 0 Å². The predicted molar refractivity (Wildman–Crippen MR) is 48.1 cm³/mol. The van der Waals surface area contributed by atoms with E-state index in [-0.39, 0.29) is 5.82 Å². The summed E-state index contributed by atoms with van der Waals surface area (Å²) in [6.07, 6.45) is 0. The summed E-state index contributed by atoms with van der Waals surface area (Å²) in [4.78, 5) is 0. The summed E-state index contributed by atoms with van der Waals surface area (Å²) >= 11 is 0. The summed E-state index contributed by atoms with van der Waals surface area (Å²) in [7, 11) is 0. The molecule has 1 aromatic rings. The van der Waals surface area contributed by atoms with Crippen LogP contribution in [-0.4, -0.2) is 0 Å². The third kappa shape index (κ3) is 2.75. The molecule has 62 valence electrons. The molecule has 0 spiro atoms. The van der Waals surface area contributed by atoms with Crippen molar-refractivity contribution in [2.24, 2.45) is 5.92 Å². The Bertz CT molecular complexity index is 315. The lowest BCUT2D eigenvalue weighted by molar-refractivity contribution is 0.627. The van der Waals surface area contributed by atoms with Crippen LogP contribution in [0.3, 0.4) is 0 Å². The van der Waals surface area contributed by atoms with Crippen LogP contribution in [0.2, 0.25) is 0 Å². The Kier molecular flexibility index (Phi) is 2.88. The van der Waals surface area contributed by atoms with Gasteiger partial charge in [-0.05, 0) is 18.2 Å². The van der Waals surface area contributed by atoms with E-state index in [9.17, 15) is 4.39 Å². The van der Waals surface area contributed by atoms with Crippen LogP contribution in [0.1, 0.15) is 19.4 Å². The highest BCUT2D eigenvalue weighted by Gasteiger charge is 1.89. The number of halogens is 1. The van der Waals surface area contributed by atoms with E-state index >= 15 is 0 Å². The highest BCUT2D eigenvalue weighted by Crippen LogP contribution is 2.01. The van der Waals surface area contributed by atoms with Crippen LogP contribution >= 0.6 is 0 Å². The van der Waals surface area contributed by atoms with Crippen molar-refractivity contribution in [3.05, 3.63) is 35.6 Å². The standard InChI is InChI=1S/C11H11F/c1-9(2)6-7-10-4-3-5-11(12)8-10/h3-5,8-9H,1-2H3. The summed E-state index contributed by atoms with van der Waals surface area (Å²) in [5.74, 6) is 5.96. The fourth-order valence-electron chi connectivity index (χ4n) is 0.794. The first kappa shape index (κ1) is 8.80. The molecule has 0 aromatic heterocycles. The highest BCUT2D eigenvalue weighted by atomic mass is 19.1. The Balaban J connectivity index is 2.85. The van der Waals surface area contributed by atoms with Crippen molar-refractivity contribution < 1.29 is 4.39 Å². The quantitative estimate of drug-likeness (QED) is 0.514. The van der Waals surface area contributed by atoms with E-state index in [1.54, 1.807) is 12.1 Å². The zero-order chi connectivity index (χ0) is 8.97. The maximum Gasteiger partial charge on any atom is 0.124 e. The highest BCUT2D eigenvalue weighted by molar-refractivity contribution is 5.34. The van der Waals surface area contributed by atoms with Crippen molar-refractivity contribution in [2.75, 3.05) is 0 Å². The smallest absolute Gasteiger partial charge is 0.124 e. The molecule has 0 saturated heterocycles. The second kappa shape index (κ2) is 3.92. The number of rotatable bonds is 0. The molecule has 0 fully saturated rings. The van der Waals surface area contributed by atoms with Gasteiger partial charge >= 0.3 is 0 Å². The van der Waals surface area contributed by atoms with Gasteiger partial charge in [-0.3, -0.25) is 0 Å². The average Bonchev–Trinajstić information content (AvgIpc) is 2.01. The van der Waals surface area contributed by atoms with Gasteiger partial charge in [0.15, 0.2) is 0 Å². The normalized spacial score (nSPS) is 9.33. The SMILES string of the molecule is CC(C)C#Cc1cccc(F)c1. The molecular formula is C11H11F. The number of benzene rings is 1. The molecule has 0 radical (unpaired) electrons. The molecule has 0 aliphatic rings. The fraction of sp³-hybridized carbons (Fsp3) is 0.273. The first-order valence-electron chi connectivity index (χ1n) is 3.95. The molecule has 0 N–H and O–H groups in total. The summed E-state index contributed by atoms with van der Waals surface area (Å²) in [5.41, 5.74) is 0.740. The molecule has 0 nitrogen and oxygen atoms in total. The Morgan fingerprint density at radius 2 is 2.08 bits per heavy atom. The van der Waals surface area contributed by atoms with Crippen molar-refractivity contribution in [3.8, 4) is 11.8 Å². The molecule has 0 heterocycles. The summed E-state index contributed by atoms with van der Waals surface area (Å²) < 4.78 is 12.6. The van der Waals surface area contributed by atoms with Crippen molar-refractivity contribution in [1.82, 2.24) is 0 Å². The molecule has 12 heavy (non-hydrogen) atoms.